The molecule has 23 heavy (non-hydrogen) atoms. The standard InChI is InChI=1S/C17H21FN4O/c18-14-7-8-15-19-17(21-22(15)10-14)20-16(23)13-6-5-11-3-1-2-4-12(11)9-13/h7-8,10-13H,1-6,9H2,(H,20,21,23)/t11-,12+,13-/m1/s1. The van der Waals surface area contributed by atoms with Crippen molar-refractivity contribution < 1.29 is 9.18 Å². The Bertz CT molecular complexity index is 728. The molecule has 1 amide bonds. The number of carbonyl (C=O) groups is 1. The molecule has 0 aliphatic heterocycles. The quantitative estimate of drug-likeness (QED) is 0.923. The summed E-state index contributed by atoms with van der Waals surface area (Å²) in [4.78, 5) is 16.7. The molecular formula is C17H21FN4O. The summed E-state index contributed by atoms with van der Waals surface area (Å²) in [7, 11) is 0. The van der Waals surface area contributed by atoms with Crippen molar-refractivity contribution in [3.05, 3.63) is 24.1 Å². The maximum Gasteiger partial charge on any atom is 0.249 e. The number of carbonyl (C=O) groups excluding carboxylic acids is 1. The van der Waals surface area contributed by atoms with Crippen LogP contribution in [0.15, 0.2) is 18.3 Å². The molecule has 2 heterocycles. The largest absolute Gasteiger partial charge is 0.293 e. The van der Waals surface area contributed by atoms with E-state index in [1.807, 2.05) is 0 Å². The van der Waals surface area contributed by atoms with Crippen molar-refractivity contribution in [1.29, 1.82) is 0 Å². The van der Waals surface area contributed by atoms with E-state index < -0.39 is 0 Å². The summed E-state index contributed by atoms with van der Waals surface area (Å²) in [5.41, 5.74) is 0.526. The average Bonchev–Trinajstić information content (AvgIpc) is 2.95. The third kappa shape index (κ3) is 2.94. The second kappa shape index (κ2) is 5.91. The number of rotatable bonds is 2. The van der Waals surface area contributed by atoms with Gasteiger partial charge in [0, 0.05) is 5.92 Å². The fourth-order valence-corrected chi connectivity index (χ4v) is 4.23. The van der Waals surface area contributed by atoms with E-state index >= 15 is 0 Å². The number of pyridine rings is 1. The molecule has 6 heteroatoms. The topological polar surface area (TPSA) is 59.3 Å². The monoisotopic (exact) mass is 316 g/mol. The van der Waals surface area contributed by atoms with Gasteiger partial charge >= 0.3 is 0 Å². The lowest BCUT2D eigenvalue weighted by Gasteiger charge is -2.38. The summed E-state index contributed by atoms with van der Waals surface area (Å²) in [6.45, 7) is 0. The van der Waals surface area contributed by atoms with Gasteiger partial charge in [-0.15, -0.1) is 5.10 Å². The van der Waals surface area contributed by atoms with Gasteiger partial charge < -0.3 is 0 Å². The molecule has 1 N–H and O–H groups in total. The van der Waals surface area contributed by atoms with Crippen LogP contribution in [0.2, 0.25) is 0 Å². The van der Waals surface area contributed by atoms with Gasteiger partial charge in [-0.3, -0.25) is 10.1 Å². The van der Waals surface area contributed by atoms with E-state index in [0.29, 0.717) is 11.6 Å². The average molecular weight is 316 g/mol. The lowest BCUT2D eigenvalue weighted by atomic mass is 9.67. The Morgan fingerprint density at radius 3 is 2.87 bits per heavy atom. The van der Waals surface area contributed by atoms with Crippen molar-refractivity contribution in [3.8, 4) is 0 Å². The minimum absolute atomic E-state index is 0.00500. The normalized spacial score (nSPS) is 27.6. The summed E-state index contributed by atoms with van der Waals surface area (Å²) in [5, 5.41) is 6.94. The molecule has 0 saturated heterocycles. The molecule has 2 aromatic rings. The Morgan fingerprint density at radius 1 is 1.17 bits per heavy atom. The van der Waals surface area contributed by atoms with Crippen LogP contribution in [0, 0.1) is 23.6 Å². The molecule has 2 saturated carbocycles. The van der Waals surface area contributed by atoms with Gasteiger partial charge in [-0.25, -0.2) is 8.91 Å². The summed E-state index contributed by atoms with van der Waals surface area (Å²) in [6, 6.07) is 2.88. The molecule has 2 aliphatic rings. The highest BCUT2D eigenvalue weighted by Gasteiger charge is 2.35. The molecule has 0 bridgehead atoms. The molecule has 5 nitrogen and oxygen atoms in total. The molecular weight excluding hydrogens is 295 g/mol. The van der Waals surface area contributed by atoms with Crippen LogP contribution < -0.4 is 5.32 Å². The van der Waals surface area contributed by atoms with Crippen LogP contribution in [0.5, 0.6) is 0 Å². The van der Waals surface area contributed by atoms with Gasteiger partial charge in [-0.05, 0) is 43.2 Å². The predicted octanol–water partition coefficient (Wildman–Crippen LogP) is 3.41. The molecule has 3 atom stereocenters. The molecule has 4 rings (SSSR count). The smallest absolute Gasteiger partial charge is 0.249 e. The zero-order chi connectivity index (χ0) is 15.8. The third-order valence-electron chi connectivity index (χ3n) is 5.44. The molecule has 0 radical (unpaired) electrons. The minimum atomic E-state index is -0.379. The van der Waals surface area contributed by atoms with Crippen LogP contribution in [0.3, 0.4) is 0 Å². The van der Waals surface area contributed by atoms with Crippen molar-refractivity contribution in [2.45, 2.75) is 44.9 Å². The number of hydrogen-bond donors (Lipinski definition) is 1. The zero-order valence-electron chi connectivity index (χ0n) is 13.0. The van der Waals surface area contributed by atoms with Crippen LogP contribution in [-0.4, -0.2) is 20.5 Å². The molecule has 2 aliphatic carbocycles. The summed E-state index contributed by atoms with van der Waals surface area (Å²) in [6.07, 6.45) is 9.60. The first-order chi connectivity index (χ1) is 11.2. The maximum absolute atomic E-state index is 13.2. The third-order valence-corrected chi connectivity index (χ3v) is 5.44. The lowest BCUT2D eigenvalue weighted by molar-refractivity contribution is -0.122. The van der Waals surface area contributed by atoms with E-state index in [-0.39, 0.29) is 23.6 Å². The van der Waals surface area contributed by atoms with Crippen LogP contribution in [0.4, 0.5) is 10.3 Å². The van der Waals surface area contributed by atoms with Gasteiger partial charge in [0.15, 0.2) is 5.65 Å². The highest BCUT2D eigenvalue weighted by molar-refractivity contribution is 5.91. The van der Waals surface area contributed by atoms with Crippen molar-refractivity contribution in [2.75, 3.05) is 5.32 Å². The maximum atomic E-state index is 13.2. The van der Waals surface area contributed by atoms with E-state index in [1.165, 1.54) is 42.5 Å². The zero-order valence-corrected chi connectivity index (χ0v) is 13.0. The SMILES string of the molecule is O=C(Nc1nc2ccc(F)cn2n1)[C@@H]1CC[C@H]2CCCC[C@H]2C1. The summed E-state index contributed by atoms with van der Waals surface area (Å²) in [5.74, 6) is 1.46. The predicted molar refractivity (Wildman–Crippen MR) is 84.4 cm³/mol. The molecule has 2 fully saturated rings. The number of anilines is 1. The number of amides is 1. The van der Waals surface area contributed by atoms with Crippen molar-refractivity contribution >= 4 is 17.5 Å². The van der Waals surface area contributed by atoms with E-state index in [4.69, 9.17) is 0 Å². The van der Waals surface area contributed by atoms with Gasteiger partial charge in [0.1, 0.15) is 5.82 Å². The highest BCUT2D eigenvalue weighted by atomic mass is 19.1. The lowest BCUT2D eigenvalue weighted by Crippen LogP contribution is -2.34. The van der Waals surface area contributed by atoms with Crippen LogP contribution in [-0.2, 0) is 4.79 Å². The summed E-state index contributed by atoms with van der Waals surface area (Å²) < 4.78 is 14.5. The summed E-state index contributed by atoms with van der Waals surface area (Å²) >= 11 is 0. The molecule has 0 aromatic carbocycles. The Balaban J connectivity index is 1.44. The second-order valence-electron chi connectivity index (χ2n) is 6.89. The molecule has 2 aromatic heterocycles. The Labute approximate surface area is 134 Å². The number of halogens is 1. The highest BCUT2D eigenvalue weighted by Crippen LogP contribution is 2.42. The van der Waals surface area contributed by atoms with Crippen molar-refractivity contribution in [1.82, 2.24) is 14.6 Å². The Hall–Kier alpha value is -1.98. The fraction of sp³-hybridized carbons (Fsp3) is 0.588. The Morgan fingerprint density at radius 2 is 2.00 bits per heavy atom. The van der Waals surface area contributed by atoms with Gasteiger partial charge in [-0.2, -0.15) is 4.98 Å². The van der Waals surface area contributed by atoms with Crippen molar-refractivity contribution in [2.24, 2.45) is 17.8 Å². The number of nitrogens with one attached hydrogen (secondary N) is 1. The first-order valence-corrected chi connectivity index (χ1v) is 8.52. The fourth-order valence-electron chi connectivity index (χ4n) is 4.23. The second-order valence-corrected chi connectivity index (χ2v) is 6.89. The molecule has 122 valence electrons. The van der Waals surface area contributed by atoms with E-state index in [2.05, 4.69) is 15.4 Å². The number of aromatic nitrogens is 3. The first-order valence-electron chi connectivity index (χ1n) is 8.52. The first kappa shape index (κ1) is 14.6. The van der Waals surface area contributed by atoms with Crippen LogP contribution >= 0.6 is 0 Å². The molecule has 0 spiro atoms. The molecule has 0 unspecified atom stereocenters. The number of fused-ring (bicyclic) bond motifs is 2. The van der Waals surface area contributed by atoms with Crippen LogP contribution in [0.25, 0.3) is 5.65 Å². The van der Waals surface area contributed by atoms with E-state index in [1.54, 1.807) is 6.07 Å². The number of nitrogens with zero attached hydrogens (tertiary/aromatic N) is 3. The Kier molecular flexibility index (Phi) is 3.75. The van der Waals surface area contributed by atoms with Crippen molar-refractivity contribution in [3.63, 3.8) is 0 Å². The van der Waals surface area contributed by atoms with Gasteiger partial charge in [0.05, 0.1) is 6.20 Å². The van der Waals surface area contributed by atoms with Gasteiger partial charge in [-0.1, -0.05) is 25.7 Å². The van der Waals surface area contributed by atoms with E-state index in [0.717, 1.165) is 25.2 Å². The van der Waals surface area contributed by atoms with Gasteiger partial charge in [0.2, 0.25) is 11.9 Å². The number of hydrogen-bond acceptors (Lipinski definition) is 3. The van der Waals surface area contributed by atoms with E-state index in [9.17, 15) is 9.18 Å². The van der Waals surface area contributed by atoms with Crippen LogP contribution in [0.1, 0.15) is 44.9 Å². The van der Waals surface area contributed by atoms with Gasteiger partial charge in [0.25, 0.3) is 0 Å². The minimum Gasteiger partial charge on any atom is -0.293 e.